The Bertz CT molecular complexity index is 730. The summed E-state index contributed by atoms with van der Waals surface area (Å²) < 4.78 is 39.1. The summed E-state index contributed by atoms with van der Waals surface area (Å²) in [6, 6.07) is 6.90. The fourth-order valence-electron chi connectivity index (χ4n) is 2.12. The number of hydrogen-bond acceptors (Lipinski definition) is 4. The topological polar surface area (TPSA) is 89.4 Å². The van der Waals surface area contributed by atoms with Crippen LogP contribution >= 0.6 is 0 Å². The van der Waals surface area contributed by atoms with E-state index in [1.807, 2.05) is 0 Å². The molecule has 5 nitrogen and oxygen atoms in total. The summed E-state index contributed by atoms with van der Waals surface area (Å²) in [5.41, 5.74) is 3.57. The van der Waals surface area contributed by atoms with Crippen molar-refractivity contribution in [2.24, 2.45) is 0 Å². The fourth-order valence-corrected chi connectivity index (χ4v) is 2.12. The molecule has 0 unspecified atom stereocenters. The Morgan fingerprint density at radius 1 is 1.23 bits per heavy atom. The molecule has 0 aliphatic heterocycles. The van der Waals surface area contributed by atoms with E-state index in [-0.39, 0.29) is 22.4 Å². The summed E-state index contributed by atoms with van der Waals surface area (Å²) in [6.45, 7) is -0.616. The maximum Gasteiger partial charge on any atom is 0.417 e. The molecule has 0 bridgehead atoms. The van der Waals surface area contributed by atoms with E-state index in [9.17, 15) is 28.4 Å². The van der Waals surface area contributed by atoms with Crippen LogP contribution in [0.3, 0.4) is 0 Å². The number of benzene rings is 2. The molecule has 8 heteroatoms. The zero-order chi connectivity index (χ0) is 16.5. The van der Waals surface area contributed by atoms with Crippen LogP contribution in [0.2, 0.25) is 0 Å². The average molecular weight is 312 g/mol. The lowest BCUT2D eigenvalue weighted by Gasteiger charge is -2.14. The number of anilines is 1. The van der Waals surface area contributed by atoms with Crippen LogP contribution in [0.5, 0.6) is 0 Å². The first-order valence-corrected chi connectivity index (χ1v) is 6.10. The van der Waals surface area contributed by atoms with E-state index in [0.717, 1.165) is 12.1 Å². The van der Waals surface area contributed by atoms with Gasteiger partial charge in [-0.2, -0.15) is 13.2 Å². The van der Waals surface area contributed by atoms with Crippen molar-refractivity contribution in [2.75, 3.05) is 5.73 Å². The van der Waals surface area contributed by atoms with Gasteiger partial charge in [-0.1, -0.05) is 18.2 Å². The predicted octanol–water partition coefficient (Wildman–Crippen LogP) is 3.36. The molecule has 0 saturated carbocycles. The Morgan fingerprint density at radius 2 is 1.86 bits per heavy atom. The van der Waals surface area contributed by atoms with Crippen molar-refractivity contribution in [3.63, 3.8) is 0 Å². The number of halogens is 3. The van der Waals surface area contributed by atoms with Crippen LogP contribution in [-0.4, -0.2) is 10.0 Å². The second kappa shape index (κ2) is 5.64. The number of nitrogens with two attached hydrogens (primary N) is 1. The Morgan fingerprint density at radius 3 is 2.41 bits per heavy atom. The summed E-state index contributed by atoms with van der Waals surface area (Å²) in [4.78, 5) is 10.2. The van der Waals surface area contributed by atoms with Crippen LogP contribution in [0.1, 0.15) is 11.1 Å². The highest BCUT2D eigenvalue weighted by Crippen LogP contribution is 2.39. The molecule has 0 aromatic heterocycles. The van der Waals surface area contributed by atoms with Gasteiger partial charge in [-0.25, -0.2) is 0 Å². The third kappa shape index (κ3) is 2.86. The first kappa shape index (κ1) is 15.8. The molecule has 2 aromatic rings. The first-order chi connectivity index (χ1) is 10.3. The SMILES string of the molecule is Nc1c(CO)cc(-c2ccccc2C(F)(F)F)cc1[N+](=O)[O-]. The third-order valence-corrected chi connectivity index (χ3v) is 3.15. The molecule has 0 aliphatic carbocycles. The van der Waals surface area contributed by atoms with Gasteiger partial charge in [0.1, 0.15) is 5.69 Å². The van der Waals surface area contributed by atoms with E-state index >= 15 is 0 Å². The lowest BCUT2D eigenvalue weighted by molar-refractivity contribution is -0.383. The van der Waals surface area contributed by atoms with Crippen LogP contribution in [0.4, 0.5) is 24.5 Å². The quantitative estimate of drug-likeness (QED) is 0.516. The van der Waals surface area contributed by atoms with Crippen molar-refractivity contribution >= 4 is 11.4 Å². The zero-order valence-corrected chi connectivity index (χ0v) is 11.1. The van der Waals surface area contributed by atoms with Crippen molar-refractivity contribution in [3.8, 4) is 11.1 Å². The largest absolute Gasteiger partial charge is 0.417 e. The molecular formula is C14H11F3N2O3. The summed E-state index contributed by atoms with van der Waals surface area (Å²) >= 11 is 0. The van der Waals surface area contributed by atoms with E-state index in [2.05, 4.69) is 0 Å². The van der Waals surface area contributed by atoms with Gasteiger partial charge in [0.2, 0.25) is 0 Å². The van der Waals surface area contributed by atoms with Crippen LogP contribution in [0.15, 0.2) is 36.4 Å². The minimum atomic E-state index is -4.61. The van der Waals surface area contributed by atoms with Crippen LogP contribution in [0, 0.1) is 10.1 Å². The van der Waals surface area contributed by atoms with E-state index in [4.69, 9.17) is 5.73 Å². The molecule has 0 fully saturated rings. The summed E-state index contributed by atoms with van der Waals surface area (Å²) in [7, 11) is 0. The molecule has 0 saturated heterocycles. The summed E-state index contributed by atoms with van der Waals surface area (Å²) in [6.07, 6.45) is -4.61. The number of nitro groups is 1. The lowest BCUT2D eigenvalue weighted by atomic mass is 9.96. The smallest absolute Gasteiger partial charge is 0.393 e. The molecule has 0 heterocycles. The van der Waals surface area contributed by atoms with Crippen molar-refractivity contribution in [2.45, 2.75) is 12.8 Å². The molecule has 3 N–H and O–H groups in total. The van der Waals surface area contributed by atoms with Gasteiger partial charge >= 0.3 is 6.18 Å². The standard InChI is InChI=1S/C14H11F3N2O3/c15-14(16,17)11-4-2-1-3-10(11)8-5-9(7-20)13(18)12(6-8)19(21)22/h1-6,20H,7,18H2. The van der Waals surface area contributed by atoms with Gasteiger partial charge in [-0.15, -0.1) is 0 Å². The predicted molar refractivity (Wildman–Crippen MR) is 73.9 cm³/mol. The number of nitrogen functional groups attached to an aromatic ring is 1. The number of aliphatic hydroxyl groups is 1. The van der Waals surface area contributed by atoms with Crippen molar-refractivity contribution in [1.29, 1.82) is 0 Å². The Labute approximate surface area is 123 Å². The van der Waals surface area contributed by atoms with Crippen molar-refractivity contribution in [3.05, 3.63) is 57.6 Å². The van der Waals surface area contributed by atoms with Gasteiger partial charge in [-0.3, -0.25) is 10.1 Å². The van der Waals surface area contributed by atoms with Gasteiger partial charge in [0.05, 0.1) is 17.1 Å². The van der Waals surface area contributed by atoms with Gasteiger partial charge in [-0.05, 0) is 23.3 Å². The monoisotopic (exact) mass is 312 g/mol. The van der Waals surface area contributed by atoms with E-state index in [0.29, 0.717) is 0 Å². The van der Waals surface area contributed by atoms with E-state index in [1.54, 1.807) is 0 Å². The van der Waals surface area contributed by atoms with Crippen molar-refractivity contribution in [1.82, 2.24) is 0 Å². The minimum absolute atomic E-state index is 0.00109. The summed E-state index contributed by atoms with van der Waals surface area (Å²) in [5, 5.41) is 20.2. The minimum Gasteiger partial charge on any atom is -0.393 e. The second-order valence-corrected chi connectivity index (χ2v) is 4.53. The normalized spacial score (nSPS) is 11.5. The molecule has 0 amide bonds. The van der Waals surface area contributed by atoms with Gasteiger partial charge in [0.25, 0.3) is 5.69 Å². The Hall–Kier alpha value is -2.61. The number of alkyl halides is 3. The van der Waals surface area contributed by atoms with Gasteiger partial charge in [0.15, 0.2) is 0 Å². The van der Waals surface area contributed by atoms with Crippen LogP contribution in [-0.2, 0) is 12.8 Å². The maximum absolute atomic E-state index is 13.0. The summed E-state index contributed by atoms with van der Waals surface area (Å²) in [5.74, 6) is 0. The third-order valence-electron chi connectivity index (χ3n) is 3.15. The van der Waals surface area contributed by atoms with Gasteiger partial charge < -0.3 is 10.8 Å². The maximum atomic E-state index is 13.0. The molecule has 2 rings (SSSR count). The first-order valence-electron chi connectivity index (χ1n) is 6.10. The molecule has 22 heavy (non-hydrogen) atoms. The van der Waals surface area contributed by atoms with Gasteiger partial charge in [0, 0.05) is 11.6 Å². The van der Waals surface area contributed by atoms with E-state index in [1.165, 1.54) is 24.3 Å². The molecule has 116 valence electrons. The average Bonchev–Trinajstić information content (AvgIpc) is 2.46. The lowest BCUT2D eigenvalue weighted by Crippen LogP contribution is -2.07. The number of nitro benzene ring substituents is 1. The second-order valence-electron chi connectivity index (χ2n) is 4.53. The molecule has 0 aliphatic rings. The molecule has 0 spiro atoms. The number of nitrogens with zero attached hydrogens (tertiary/aromatic N) is 1. The molecule has 2 aromatic carbocycles. The number of aliphatic hydroxyl groups excluding tert-OH is 1. The Balaban J connectivity index is 2.74. The highest BCUT2D eigenvalue weighted by atomic mass is 19.4. The highest BCUT2D eigenvalue weighted by molar-refractivity contribution is 5.77. The number of rotatable bonds is 3. The van der Waals surface area contributed by atoms with E-state index < -0.39 is 29.0 Å². The molecular weight excluding hydrogens is 301 g/mol. The molecule has 0 atom stereocenters. The molecule has 0 radical (unpaired) electrons. The zero-order valence-electron chi connectivity index (χ0n) is 11.1. The fraction of sp³-hybridized carbons (Fsp3) is 0.143. The Kier molecular flexibility index (Phi) is 4.05. The van der Waals surface area contributed by atoms with Crippen molar-refractivity contribution < 1.29 is 23.2 Å². The van der Waals surface area contributed by atoms with Crippen LogP contribution in [0.25, 0.3) is 11.1 Å². The van der Waals surface area contributed by atoms with Crippen LogP contribution < -0.4 is 5.73 Å². The number of hydrogen-bond donors (Lipinski definition) is 2. The highest BCUT2D eigenvalue weighted by Gasteiger charge is 2.33.